The van der Waals surface area contributed by atoms with Crippen LogP contribution in [0.4, 0.5) is 10.5 Å². The SMILES string of the molecule is COc1cc2nccc(Oc3ccc(NC(=O)Oc4ccccc4)c(Cl)c3)c2cc1C(N)=O. The predicted molar refractivity (Wildman–Crippen MR) is 124 cm³/mol. The number of pyridine rings is 1. The van der Waals surface area contributed by atoms with Crippen molar-refractivity contribution in [3.8, 4) is 23.0 Å². The van der Waals surface area contributed by atoms with Crippen molar-refractivity contribution in [2.75, 3.05) is 12.4 Å². The summed E-state index contributed by atoms with van der Waals surface area (Å²) in [5.41, 5.74) is 6.58. The number of hydrogen-bond donors (Lipinski definition) is 2. The summed E-state index contributed by atoms with van der Waals surface area (Å²) in [6, 6.07) is 18.3. The van der Waals surface area contributed by atoms with Crippen molar-refractivity contribution in [2.45, 2.75) is 0 Å². The average molecular weight is 464 g/mol. The fraction of sp³-hybridized carbons (Fsp3) is 0.0417. The van der Waals surface area contributed by atoms with Crippen molar-refractivity contribution in [2.24, 2.45) is 5.73 Å². The molecule has 33 heavy (non-hydrogen) atoms. The molecule has 2 amide bonds. The first-order chi connectivity index (χ1) is 15.9. The van der Waals surface area contributed by atoms with Gasteiger partial charge in [0.05, 0.1) is 28.9 Å². The molecule has 4 aromatic rings. The minimum atomic E-state index is -0.676. The molecule has 3 aromatic carbocycles. The van der Waals surface area contributed by atoms with Gasteiger partial charge < -0.3 is 19.9 Å². The number of anilines is 1. The molecule has 0 unspecified atom stereocenters. The fourth-order valence-electron chi connectivity index (χ4n) is 3.12. The molecule has 166 valence electrons. The van der Waals surface area contributed by atoms with Crippen LogP contribution in [-0.2, 0) is 0 Å². The number of ether oxygens (including phenoxy) is 3. The van der Waals surface area contributed by atoms with E-state index in [-0.39, 0.29) is 10.6 Å². The van der Waals surface area contributed by atoms with E-state index in [0.29, 0.717) is 39.6 Å². The maximum Gasteiger partial charge on any atom is 0.417 e. The number of nitrogens with zero attached hydrogens (tertiary/aromatic N) is 1. The minimum Gasteiger partial charge on any atom is -0.496 e. The number of fused-ring (bicyclic) bond motifs is 1. The second-order valence-electron chi connectivity index (χ2n) is 6.81. The number of aromatic nitrogens is 1. The zero-order valence-electron chi connectivity index (χ0n) is 17.4. The van der Waals surface area contributed by atoms with E-state index in [2.05, 4.69) is 10.3 Å². The predicted octanol–water partition coefficient (Wildman–Crippen LogP) is 5.40. The lowest BCUT2D eigenvalue weighted by molar-refractivity contribution is 0.0997. The maximum absolute atomic E-state index is 12.1. The third-order valence-electron chi connectivity index (χ3n) is 4.65. The van der Waals surface area contributed by atoms with Crippen molar-refractivity contribution in [1.29, 1.82) is 0 Å². The molecule has 0 atom stereocenters. The van der Waals surface area contributed by atoms with Gasteiger partial charge in [0.15, 0.2) is 0 Å². The van der Waals surface area contributed by atoms with Crippen molar-refractivity contribution in [3.63, 3.8) is 0 Å². The lowest BCUT2D eigenvalue weighted by Crippen LogP contribution is -2.16. The van der Waals surface area contributed by atoms with Gasteiger partial charge in [-0.15, -0.1) is 0 Å². The number of halogens is 1. The summed E-state index contributed by atoms with van der Waals surface area (Å²) in [7, 11) is 1.45. The Balaban J connectivity index is 1.56. The number of carbonyl (C=O) groups is 2. The number of primary amides is 1. The zero-order chi connectivity index (χ0) is 23.4. The van der Waals surface area contributed by atoms with Gasteiger partial charge in [0.25, 0.3) is 5.91 Å². The summed E-state index contributed by atoms with van der Waals surface area (Å²) in [5.74, 6) is 0.934. The van der Waals surface area contributed by atoms with Crippen LogP contribution in [0.15, 0.2) is 72.9 Å². The molecular weight excluding hydrogens is 446 g/mol. The number of amides is 2. The van der Waals surface area contributed by atoms with E-state index in [1.807, 2.05) is 6.07 Å². The normalized spacial score (nSPS) is 10.5. The Bertz CT molecular complexity index is 1350. The van der Waals surface area contributed by atoms with Gasteiger partial charge in [-0.1, -0.05) is 29.8 Å². The number of carbonyl (C=O) groups excluding carboxylic acids is 2. The summed E-state index contributed by atoms with van der Waals surface area (Å²) in [4.78, 5) is 28.2. The average Bonchev–Trinajstić information content (AvgIpc) is 2.80. The summed E-state index contributed by atoms with van der Waals surface area (Å²) in [6.07, 6.45) is 0.892. The highest BCUT2D eigenvalue weighted by atomic mass is 35.5. The van der Waals surface area contributed by atoms with Crippen LogP contribution < -0.4 is 25.3 Å². The number of para-hydroxylation sites is 1. The molecule has 0 fully saturated rings. The third-order valence-corrected chi connectivity index (χ3v) is 4.96. The number of hydrogen-bond acceptors (Lipinski definition) is 6. The van der Waals surface area contributed by atoms with Crippen molar-refractivity contribution >= 4 is 40.2 Å². The largest absolute Gasteiger partial charge is 0.496 e. The van der Waals surface area contributed by atoms with Crippen LogP contribution in [0.5, 0.6) is 23.0 Å². The van der Waals surface area contributed by atoms with Crippen LogP contribution in [-0.4, -0.2) is 24.1 Å². The van der Waals surface area contributed by atoms with Gasteiger partial charge in [-0.05, 0) is 36.4 Å². The molecule has 3 N–H and O–H groups in total. The molecule has 0 saturated carbocycles. The van der Waals surface area contributed by atoms with Crippen LogP contribution in [0.25, 0.3) is 10.9 Å². The van der Waals surface area contributed by atoms with Crippen molar-refractivity contribution in [3.05, 3.63) is 83.5 Å². The first-order valence-electron chi connectivity index (χ1n) is 9.72. The number of nitrogens with one attached hydrogen (secondary N) is 1. The fourth-order valence-corrected chi connectivity index (χ4v) is 3.34. The van der Waals surface area contributed by atoms with Crippen LogP contribution >= 0.6 is 11.6 Å². The first kappa shape index (κ1) is 21.9. The Morgan fingerprint density at radius 2 is 1.76 bits per heavy atom. The third kappa shape index (κ3) is 4.97. The van der Waals surface area contributed by atoms with Gasteiger partial charge in [-0.3, -0.25) is 15.1 Å². The van der Waals surface area contributed by atoms with E-state index < -0.39 is 12.0 Å². The van der Waals surface area contributed by atoms with Crippen LogP contribution in [0, 0.1) is 0 Å². The van der Waals surface area contributed by atoms with Gasteiger partial charge in [0.2, 0.25) is 0 Å². The summed E-state index contributed by atoms with van der Waals surface area (Å²) >= 11 is 6.33. The van der Waals surface area contributed by atoms with E-state index in [1.54, 1.807) is 66.9 Å². The topological polar surface area (TPSA) is 113 Å². The van der Waals surface area contributed by atoms with Crippen molar-refractivity contribution in [1.82, 2.24) is 4.98 Å². The zero-order valence-corrected chi connectivity index (χ0v) is 18.1. The van der Waals surface area contributed by atoms with E-state index >= 15 is 0 Å². The van der Waals surface area contributed by atoms with E-state index in [0.717, 1.165) is 0 Å². The van der Waals surface area contributed by atoms with Crippen LogP contribution in [0.1, 0.15) is 10.4 Å². The molecule has 4 rings (SSSR count). The van der Waals surface area contributed by atoms with Gasteiger partial charge in [-0.25, -0.2) is 4.79 Å². The Hall–Kier alpha value is -4.30. The smallest absolute Gasteiger partial charge is 0.417 e. The minimum absolute atomic E-state index is 0.206. The maximum atomic E-state index is 12.1. The Morgan fingerprint density at radius 1 is 0.970 bits per heavy atom. The quantitative estimate of drug-likeness (QED) is 0.396. The number of methoxy groups -OCH3 is 1. The molecule has 0 bridgehead atoms. The van der Waals surface area contributed by atoms with Gasteiger partial charge in [0, 0.05) is 23.7 Å². The Morgan fingerprint density at radius 3 is 2.45 bits per heavy atom. The highest BCUT2D eigenvalue weighted by Gasteiger charge is 2.15. The van der Waals surface area contributed by atoms with E-state index in [9.17, 15) is 9.59 Å². The number of rotatable bonds is 6. The first-order valence-corrected chi connectivity index (χ1v) is 10.1. The van der Waals surface area contributed by atoms with Crippen LogP contribution in [0.3, 0.4) is 0 Å². The molecule has 0 aliphatic carbocycles. The highest BCUT2D eigenvalue weighted by Crippen LogP contribution is 2.35. The molecule has 0 aliphatic rings. The molecule has 8 nitrogen and oxygen atoms in total. The second kappa shape index (κ2) is 9.46. The molecule has 1 heterocycles. The lowest BCUT2D eigenvalue weighted by Gasteiger charge is -2.13. The van der Waals surface area contributed by atoms with E-state index in [4.69, 9.17) is 31.5 Å². The Kier molecular flexibility index (Phi) is 6.28. The van der Waals surface area contributed by atoms with E-state index in [1.165, 1.54) is 7.11 Å². The number of nitrogens with two attached hydrogens (primary N) is 1. The molecule has 0 aliphatic heterocycles. The number of benzene rings is 3. The molecule has 0 saturated heterocycles. The summed E-state index contributed by atoms with van der Waals surface area (Å²) in [5, 5.41) is 3.40. The summed E-state index contributed by atoms with van der Waals surface area (Å²) < 4.78 is 16.4. The summed E-state index contributed by atoms with van der Waals surface area (Å²) in [6.45, 7) is 0. The van der Waals surface area contributed by atoms with Crippen LogP contribution in [0.2, 0.25) is 5.02 Å². The Labute approximate surface area is 193 Å². The monoisotopic (exact) mass is 463 g/mol. The molecule has 0 radical (unpaired) electrons. The molecule has 9 heteroatoms. The molecule has 1 aromatic heterocycles. The van der Waals surface area contributed by atoms with Gasteiger partial charge in [0.1, 0.15) is 23.0 Å². The molecule has 0 spiro atoms. The highest BCUT2D eigenvalue weighted by molar-refractivity contribution is 6.33. The lowest BCUT2D eigenvalue weighted by atomic mass is 10.1. The van der Waals surface area contributed by atoms with Crippen molar-refractivity contribution < 1.29 is 23.8 Å². The standard InChI is InChI=1S/C24H18ClN3O5/c1-31-22-13-20-16(12-17(22)23(26)29)21(9-10-27-20)32-15-7-8-19(18(25)11-15)28-24(30)33-14-5-3-2-4-6-14/h2-13H,1H3,(H2,26,29)(H,28,30). The second-order valence-corrected chi connectivity index (χ2v) is 7.22. The van der Waals surface area contributed by atoms with Gasteiger partial charge in [-0.2, -0.15) is 0 Å². The molecular formula is C24H18ClN3O5. The van der Waals surface area contributed by atoms with Gasteiger partial charge >= 0.3 is 6.09 Å².